The lowest BCUT2D eigenvalue weighted by atomic mass is 9.88. The molecular weight excluding hydrogens is 266 g/mol. The second-order valence-corrected chi connectivity index (χ2v) is 5.38. The lowest BCUT2D eigenvalue weighted by Crippen LogP contribution is -2.52. The van der Waals surface area contributed by atoms with Crippen LogP contribution in [0.5, 0.6) is 5.75 Å². The van der Waals surface area contributed by atoms with Crippen molar-refractivity contribution in [2.24, 2.45) is 15.7 Å². The number of benzene rings is 1. The minimum Gasteiger partial charge on any atom is -0.497 e. The van der Waals surface area contributed by atoms with Crippen molar-refractivity contribution in [3.05, 3.63) is 29.8 Å². The van der Waals surface area contributed by atoms with Crippen LogP contribution in [-0.4, -0.2) is 24.6 Å². The molecule has 0 amide bonds. The van der Waals surface area contributed by atoms with Crippen LogP contribution in [0.3, 0.4) is 0 Å². The van der Waals surface area contributed by atoms with Gasteiger partial charge in [-0.05, 0) is 37.8 Å². The Hall–Kier alpha value is -2.08. The van der Waals surface area contributed by atoms with Gasteiger partial charge in [0.1, 0.15) is 17.2 Å². The summed E-state index contributed by atoms with van der Waals surface area (Å²) in [5.41, 5.74) is 6.65. The van der Waals surface area contributed by atoms with Gasteiger partial charge in [-0.15, -0.1) is 0 Å². The molecule has 1 aliphatic carbocycles. The summed E-state index contributed by atoms with van der Waals surface area (Å²) in [4.78, 5) is 8.91. The SMILES string of the molecule is COc1cccc(C2=NC(N)=NC3(CCCCC3)N2)c1.N. The zero-order chi connectivity index (χ0) is 14.0. The number of amidine groups is 1. The first-order valence-electron chi connectivity index (χ1n) is 7.07. The first-order chi connectivity index (χ1) is 9.71. The van der Waals surface area contributed by atoms with Crippen molar-refractivity contribution in [1.29, 1.82) is 0 Å². The number of nitrogens with one attached hydrogen (secondary N) is 1. The van der Waals surface area contributed by atoms with E-state index in [-0.39, 0.29) is 11.8 Å². The number of hydrogen-bond acceptors (Lipinski definition) is 6. The fourth-order valence-electron chi connectivity index (χ4n) is 2.92. The topological polar surface area (TPSA) is 107 Å². The molecule has 0 bridgehead atoms. The molecule has 1 aromatic rings. The Morgan fingerprint density at radius 3 is 2.71 bits per heavy atom. The van der Waals surface area contributed by atoms with Crippen LogP contribution in [0.15, 0.2) is 34.3 Å². The van der Waals surface area contributed by atoms with E-state index >= 15 is 0 Å². The molecular formula is C15H23N5O. The number of ether oxygens (including phenoxy) is 1. The van der Waals surface area contributed by atoms with Crippen LogP contribution >= 0.6 is 0 Å². The monoisotopic (exact) mass is 289 g/mol. The predicted molar refractivity (Wildman–Crippen MR) is 85.1 cm³/mol. The molecule has 21 heavy (non-hydrogen) atoms. The summed E-state index contributed by atoms with van der Waals surface area (Å²) >= 11 is 0. The number of nitrogens with two attached hydrogens (primary N) is 1. The average Bonchev–Trinajstić information content (AvgIpc) is 2.47. The van der Waals surface area contributed by atoms with E-state index in [0.717, 1.165) is 30.0 Å². The van der Waals surface area contributed by atoms with E-state index in [1.807, 2.05) is 24.3 Å². The lowest BCUT2D eigenvalue weighted by Gasteiger charge is -2.37. The van der Waals surface area contributed by atoms with Crippen LogP contribution < -0.4 is 21.9 Å². The molecule has 1 aliphatic heterocycles. The van der Waals surface area contributed by atoms with Crippen molar-refractivity contribution < 1.29 is 4.74 Å². The highest BCUT2D eigenvalue weighted by Gasteiger charge is 2.35. The molecule has 3 rings (SSSR count). The fraction of sp³-hybridized carbons (Fsp3) is 0.467. The van der Waals surface area contributed by atoms with Gasteiger partial charge in [0.05, 0.1) is 7.11 Å². The Balaban J connectivity index is 0.00000161. The van der Waals surface area contributed by atoms with Gasteiger partial charge in [0.15, 0.2) is 0 Å². The van der Waals surface area contributed by atoms with Crippen LogP contribution in [0.4, 0.5) is 0 Å². The van der Waals surface area contributed by atoms with Gasteiger partial charge >= 0.3 is 0 Å². The van der Waals surface area contributed by atoms with E-state index in [2.05, 4.69) is 15.3 Å². The molecule has 1 saturated carbocycles. The third-order valence-electron chi connectivity index (χ3n) is 3.93. The summed E-state index contributed by atoms with van der Waals surface area (Å²) in [5.74, 6) is 1.97. The van der Waals surface area contributed by atoms with Gasteiger partial charge < -0.3 is 21.9 Å². The number of hydrogen-bond donors (Lipinski definition) is 3. The van der Waals surface area contributed by atoms with Crippen molar-refractivity contribution in [2.75, 3.05) is 7.11 Å². The van der Waals surface area contributed by atoms with E-state index < -0.39 is 0 Å². The van der Waals surface area contributed by atoms with Crippen LogP contribution in [0.25, 0.3) is 0 Å². The summed E-state index contributed by atoms with van der Waals surface area (Å²) in [7, 11) is 1.66. The molecule has 0 unspecified atom stereocenters. The predicted octanol–water partition coefficient (Wildman–Crippen LogP) is 2.18. The standard InChI is InChI=1S/C15H20N4O.H3N/c1-20-12-7-5-6-11(10-12)13-17-14(16)19-15(18-13)8-3-2-4-9-15;/h5-7,10H,2-4,8-9H2,1H3,(H3,16,17,18,19);1H3. The Morgan fingerprint density at radius 1 is 1.24 bits per heavy atom. The Labute approximate surface area is 125 Å². The van der Waals surface area contributed by atoms with Crippen LogP contribution in [0, 0.1) is 0 Å². The highest BCUT2D eigenvalue weighted by molar-refractivity contribution is 6.07. The third kappa shape index (κ3) is 3.16. The Bertz CT molecular complexity index is 561. The minimum atomic E-state index is -0.261. The molecule has 1 spiro atoms. The number of methoxy groups -OCH3 is 1. The molecule has 2 aliphatic rings. The molecule has 114 valence electrons. The van der Waals surface area contributed by atoms with Crippen LogP contribution in [0.2, 0.25) is 0 Å². The number of guanidine groups is 1. The maximum atomic E-state index is 5.93. The molecule has 0 radical (unpaired) electrons. The zero-order valence-electron chi connectivity index (χ0n) is 12.4. The Morgan fingerprint density at radius 2 is 2.00 bits per heavy atom. The maximum absolute atomic E-state index is 5.93. The second-order valence-electron chi connectivity index (χ2n) is 5.38. The quantitative estimate of drug-likeness (QED) is 0.775. The second kappa shape index (κ2) is 6.13. The van der Waals surface area contributed by atoms with Gasteiger partial charge in [-0.25, -0.2) is 4.99 Å². The van der Waals surface area contributed by atoms with Gasteiger partial charge in [0.2, 0.25) is 5.96 Å². The summed E-state index contributed by atoms with van der Waals surface area (Å²) in [5, 5.41) is 3.49. The smallest absolute Gasteiger partial charge is 0.219 e. The highest BCUT2D eigenvalue weighted by atomic mass is 16.5. The molecule has 0 atom stereocenters. The van der Waals surface area contributed by atoms with Crippen molar-refractivity contribution in [2.45, 2.75) is 37.8 Å². The average molecular weight is 289 g/mol. The summed E-state index contributed by atoms with van der Waals surface area (Å²) < 4.78 is 5.27. The van der Waals surface area contributed by atoms with Gasteiger partial charge in [-0.3, -0.25) is 0 Å². The van der Waals surface area contributed by atoms with Crippen molar-refractivity contribution >= 4 is 11.8 Å². The first-order valence-corrected chi connectivity index (χ1v) is 7.07. The number of aliphatic imine (C=N–C) groups is 2. The molecule has 6 heteroatoms. The van der Waals surface area contributed by atoms with Crippen molar-refractivity contribution in [3.8, 4) is 5.75 Å². The fourth-order valence-corrected chi connectivity index (χ4v) is 2.92. The van der Waals surface area contributed by atoms with Crippen molar-refractivity contribution in [3.63, 3.8) is 0 Å². The number of nitrogens with zero attached hydrogens (tertiary/aromatic N) is 2. The van der Waals surface area contributed by atoms with Gasteiger partial charge in [0.25, 0.3) is 0 Å². The summed E-state index contributed by atoms with van der Waals surface area (Å²) in [6, 6.07) is 7.83. The number of rotatable bonds is 2. The highest BCUT2D eigenvalue weighted by Crippen LogP contribution is 2.31. The molecule has 0 saturated heterocycles. The van der Waals surface area contributed by atoms with Crippen LogP contribution in [0.1, 0.15) is 37.7 Å². The molecule has 1 fully saturated rings. The van der Waals surface area contributed by atoms with Crippen molar-refractivity contribution in [1.82, 2.24) is 11.5 Å². The van der Waals surface area contributed by atoms with E-state index in [1.54, 1.807) is 7.11 Å². The summed E-state index contributed by atoms with van der Waals surface area (Å²) in [6.07, 6.45) is 5.64. The molecule has 0 aromatic heterocycles. The van der Waals surface area contributed by atoms with Gasteiger partial charge in [-0.1, -0.05) is 18.6 Å². The molecule has 6 N–H and O–H groups in total. The summed E-state index contributed by atoms with van der Waals surface area (Å²) in [6.45, 7) is 0. The first kappa shape index (κ1) is 15.3. The van der Waals surface area contributed by atoms with Gasteiger partial charge in [-0.2, -0.15) is 4.99 Å². The largest absolute Gasteiger partial charge is 0.497 e. The third-order valence-corrected chi connectivity index (χ3v) is 3.93. The van der Waals surface area contributed by atoms with Crippen LogP contribution in [-0.2, 0) is 0 Å². The molecule has 1 heterocycles. The minimum absolute atomic E-state index is 0. The van der Waals surface area contributed by atoms with Gasteiger partial charge in [0, 0.05) is 5.56 Å². The maximum Gasteiger partial charge on any atom is 0.219 e. The lowest BCUT2D eigenvalue weighted by molar-refractivity contribution is 0.274. The van der Waals surface area contributed by atoms with E-state index in [0.29, 0.717) is 5.96 Å². The zero-order valence-corrected chi connectivity index (χ0v) is 12.4. The molecule has 1 aromatic carbocycles. The van der Waals surface area contributed by atoms with E-state index in [1.165, 1.54) is 19.3 Å². The molecule has 6 nitrogen and oxygen atoms in total. The van der Waals surface area contributed by atoms with E-state index in [4.69, 9.17) is 10.5 Å². The normalized spacial score (nSPS) is 19.9. The van der Waals surface area contributed by atoms with E-state index in [9.17, 15) is 0 Å². The Kier molecular flexibility index (Phi) is 4.47.